The van der Waals surface area contributed by atoms with Crippen LogP contribution in [0, 0.1) is 5.92 Å². The standard InChI is InChI=1S/C14H29.2ClH.Sn/c1-4-5-6-7-8-9-10-11-12-13-14(2)3;;;/h4,14H,5-13H2,1-3H3;2*1H;/q;;;+2/p-2. The van der Waals surface area contributed by atoms with Gasteiger partial charge in [0.1, 0.15) is 0 Å². The Balaban J connectivity index is 3.09. The van der Waals surface area contributed by atoms with Gasteiger partial charge >= 0.3 is 124 Å². The van der Waals surface area contributed by atoms with E-state index in [0.717, 1.165) is 5.92 Å². The molecule has 0 aliphatic rings. The van der Waals surface area contributed by atoms with Crippen molar-refractivity contribution >= 4 is 35.3 Å². The van der Waals surface area contributed by atoms with E-state index in [0.29, 0.717) is 3.93 Å². The summed E-state index contributed by atoms with van der Waals surface area (Å²) in [6, 6.07) is 0. The number of hydrogen-bond acceptors (Lipinski definition) is 0. The Morgan fingerprint density at radius 2 is 1.12 bits per heavy atom. The molecular weight excluding hydrogens is 358 g/mol. The fraction of sp³-hybridized carbons (Fsp3) is 1.00. The molecule has 17 heavy (non-hydrogen) atoms. The molecule has 0 saturated carbocycles. The summed E-state index contributed by atoms with van der Waals surface area (Å²) in [6.45, 7) is 6.85. The Labute approximate surface area is 123 Å². The van der Waals surface area contributed by atoms with E-state index in [1.807, 2.05) is 0 Å². The minimum absolute atomic E-state index is 0.645. The second kappa shape index (κ2) is 12.4. The number of rotatable bonds is 11. The number of halogens is 2. The van der Waals surface area contributed by atoms with Crippen molar-refractivity contribution < 1.29 is 0 Å². The number of unbranched alkanes of at least 4 members (excludes halogenated alkanes) is 6. The Bertz CT molecular complexity index is 160. The minimum atomic E-state index is -1.91. The second-order valence-corrected chi connectivity index (χ2v) is 16.9. The van der Waals surface area contributed by atoms with Gasteiger partial charge in [0.2, 0.25) is 0 Å². The molecule has 0 saturated heterocycles. The van der Waals surface area contributed by atoms with Gasteiger partial charge in [-0.2, -0.15) is 0 Å². The van der Waals surface area contributed by atoms with Gasteiger partial charge in [0, 0.05) is 0 Å². The molecule has 0 rings (SSSR count). The summed E-state index contributed by atoms with van der Waals surface area (Å²) < 4.78 is 0.645. The van der Waals surface area contributed by atoms with Crippen LogP contribution in [-0.4, -0.2) is 17.5 Å². The fourth-order valence-electron chi connectivity index (χ4n) is 2.00. The van der Waals surface area contributed by atoms with E-state index in [1.54, 1.807) is 0 Å². The zero-order valence-electron chi connectivity index (χ0n) is 11.8. The summed E-state index contributed by atoms with van der Waals surface area (Å²) in [5.74, 6) is 0.876. The molecule has 0 nitrogen and oxygen atoms in total. The van der Waals surface area contributed by atoms with Gasteiger partial charge < -0.3 is 0 Å². The molecule has 3 heteroatoms. The molecule has 0 aliphatic carbocycles. The van der Waals surface area contributed by atoms with Gasteiger partial charge in [0.05, 0.1) is 0 Å². The van der Waals surface area contributed by atoms with Crippen molar-refractivity contribution in [2.24, 2.45) is 5.92 Å². The first kappa shape index (κ1) is 18.4. The van der Waals surface area contributed by atoms with Crippen LogP contribution in [0.15, 0.2) is 0 Å². The molecule has 0 aromatic heterocycles. The fourth-order valence-corrected chi connectivity index (χ4v) is 4.67. The zero-order valence-corrected chi connectivity index (χ0v) is 16.1. The van der Waals surface area contributed by atoms with Crippen molar-refractivity contribution in [1.82, 2.24) is 0 Å². The van der Waals surface area contributed by atoms with Crippen LogP contribution in [0.25, 0.3) is 0 Å². The molecule has 0 bridgehead atoms. The van der Waals surface area contributed by atoms with E-state index in [1.165, 1.54) is 57.8 Å². The van der Waals surface area contributed by atoms with Crippen LogP contribution in [0.2, 0.25) is 3.93 Å². The number of hydrogen-bond donors (Lipinski definition) is 0. The van der Waals surface area contributed by atoms with E-state index < -0.39 is 17.5 Å². The van der Waals surface area contributed by atoms with Gasteiger partial charge in [-0.25, -0.2) is 0 Å². The van der Waals surface area contributed by atoms with Crippen molar-refractivity contribution in [2.45, 2.75) is 82.5 Å². The molecule has 0 fully saturated rings. The molecule has 0 N–H and O–H groups in total. The molecule has 0 spiro atoms. The Morgan fingerprint density at radius 3 is 1.53 bits per heavy atom. The third-order valence-electron chi connectivity index (χ3n) is 3.29. The van der Waals surface area contributed by atoms with Crippen LogP contribution in [0.4, 0.5) is 0 Å². The summed E-state index contributed by atoms with van der Waals surface area (Å²) in [6.07, 6.45) is 12.5. The average molecular weight is 387 g/mol. The molecule has 103 valence electrons. The summed E-state index contributed by atoms with van der Waals surface area (Å²) >= 11 is -1.91. The monoisotopic (exact) mass is 387 g/mol. The van der Waals surface area contributed by atoms with Crippen molar-refractivity contribution in [3.05, 3.63) is 0 Å². The van der Waals surface area contributed by atoms with Crippen molar-refractivity contribution in [2.75, 3.05) is 0 Å². The third kappa shape index (κ3) is 13.6. The quantitative estimate of drug-likeness (QED) is 0.280. The van der Waals surface area contributed by atoms with E-state index in [9.17, 15) is 0 Å². The zero-order chi connectivity index (χ0) is 13.1. The SMILES string of the molecule is CC(C)CCCCCCCCC[CH](C)[Sn]([Cl])[Cl]. The van der Waals surface area contributed by atoms with Crippen LogP contribution in [-0.2, 0) is 0 Å². The molecule has 0 heterocycles. The topological polar surface area (TPSA) is 0 Å². The predicted octanol–water partition coefficient (Wildman–Crippen LogP) is 6.51. The molecule has 1 atom stereocenters. The van der Waals surface area contributed by atoms with Gasteiger partial charge in [0.15, 0.2) is 0 Å². The third-order valence-corrected chi connectivity index (χ3v) is 11.2. The summed E-state index contributed by atoms with van der Waals surface area (Å²) in [4.78, 5) is 0. The normalized spacial score (nSPS) is 13.6. The van der Waals surface area contributed by atoms with E-state index >= 15 is 0 Å². The van der Waals surface area contributed by atoms with Gasteiger partial charge in [-0.05, 0) is 0 Å². The first-order valence-corrected chi connectivity index (χ1v) is 16.1. The van der Waals surface area contributed by atoms with Gasteiger partial charge in [-0.15, -0.1) is 0 Å². The summed E-state index contributed by atoms with van der Waals surface area (Å²) in [5, 5.41) is 0. The summed E-state index contributed by atoms with van der Waals surface area (Å²) in [5.41, 5.74) is 0. The molecule has 0 aromatic rings. The summed E-state index contributed by atoms with van der Waals surface area (Å²) in [7, 11) is 12.0. The van der Waals surface area contributed by atoms with Crippen LogP contribution in [0.5, 0.6) is 0 Å². The first-order valence-electron chi connectivity index (χ1n) is 7.22. The predicted molar refractivity (Wildman–Crippen MR) is 83.3 cm³/mol. The average Bonchev–Trinajstić information content (AvgIpc) is 2.25. The van der Waals surface area contributed by atoms with Crippen LogP contribution in [0.1, 0.15) is 78.6 Å². The molecule has 0 amide bonds. The van der Waals surface area contributed by atoms with Crippen LogP contribution < -0.4 is 0 Å². The van der Waals surface area contributed by atoms with Crippen LogP contribution in [0.3, 0.4) is 0 Å². The Morgan fingerprint density at radius 1 is 0.706 bits per heavy atom. The Hall–Kier alpha value is 1.38. The Kier molecular flexibility index (Phi) is 13.4. The van der Waals surface area contributed by atoms with Gasteiger partial charge in [-0.3, -0.25) is 0 Å². The van der Waals surface area contributed by atoms with Gasteiger partial charge in [0.25, 0.3) is 0 Å². The van der Waals surface area contributed by atoms with Crippen LogP contribution >= 0.6 is 17.8 Å². The maximum absolute atomic E-state index is 6.01. The van der Waals surface area contributed by atoms with Crippen molar-refractivity contribution in [3.63, 3.8) is 0 Å². The van der Waals surface area contributed by atoms with E-state index in [4.69, 9.17) is 17.8 Å². The maximum atomic E-state index is 6.01. The first-order chi connectivity index (χ1) is 8.04. The molecule has 0 aliphatic heterocycles. The van der Waals surface area contributed by atoms with Crippen molar-refractivity contribution in [1.29, 1.82) is 0 Å². The molecule has 0 aromatic carbocycles. The molecule has 1 radical (unpaired) electrons. The van der Waals surface area contributed by atoms with Gasteiger partial charge in [-0.1, -0.05) is 0 Å². The van der Waals surface area contributed by atoms with E-state index in [2.05, 4.69) is 20.8 Å². The molecular formula is C14H29Cl2Sn. The van der Waals surface area contributed by atoms with Crippen molar-refractivity contribution in [3.8, 4) is 0 Å². The second-order valence-electron chi connectivity index (χ2n) is 5.64. The molecule has 1 unspecified atom stereocenters. The van der Waals surface area contributed by atoms with E-state index in [-0.39, 0.29) is 0 Å².